The molecule has 1 atom stereocenters. The van der Waals surface area contributed by atoms with Crippen molar-refractivity contribution in [2.75, 3.05) is 13.1 Å². The predicted molar refractivity (Wildman–Crippen MR) is 50.5 cm³/mol. The van der Waals surface area contributed by atoms with Gasteiger partial charge in [0.15, 0.2) is 0 Å². The Kier molecular flexibility index (Phi) is 2.68. The Hall–Kier alpha value is -1.43. The van der Waals surface area contributed by atoms with Crippen molar-refractivity contribution in [3.63, 3.8) is 0 Å². The molecule has 6 heteroatoms. The third-order valence-electron chi connectivity index (χ3n) is 2.63. The minimum atomic E-state index is -0.408. The number of rotatable bonds is 1. The molecule has 0 aromatic rings. The van der Waals surface area contributed by atoms with Gasteiger partial charge < -0.3 is 5.32 Å². The molecular weight excluding hydrogens is 198 g/mol. The third-order valence-corrected chi connectivity index (χ3v) is 2.63. The second-order valence-electron chi connectivity index (χ2n) is 3.72. The van der Waals surface area contributed by atoms with Crippen molar-refractivity contribution in [3.05, 3.63) is 0 Å². The van der Waals surface area contributed by atoms with Gasteiger partial charge in [-0.05, 0) is 19.4 Å². The van der Waals surface area contributed by atoms with Crippen molar-refractivity contribution in [1.29, 1.82) is 0 Å². The Morgan fingerprint density at radius 1 is 1.20 bits per heavy atom. The highest BCUT2D eigenvalue weighted by atomic mass is 16.2. The molecule has 6 nitrogen and oxygen atoms in total. The van der Waals surface area contributed by atoms with Crippen LogP contribution in [-0.2, 0) is 14.4 Å². The fraction of sp³-hybridized carbons (Fsp3) is 0.667. The Balaban J connectivity index is 2.15. The molecule has 2 fully saturated rings. The Bertz CT molecular complexity index is 310. The van der Waals surface area contributed by atoms with Gasteiger partial charge in [0.2, 0.25) is 17.7 Å². The minimum Gasteiger partial charge on any atom is -0.347 e. The van der Waals surface area contributed by atoms with E-state index in [0.29, 0.717) is 0 Å². The van der Waals surface area contributed by atoms with Crippen molar-refractivity contribution < 1.29 is 14.4 Å². The third kappa shape index (κ3) is 1.99. The lowest BCUT2D eigenvalue weighted by atomic mass is 10.2. The van der Waals surface area contributed by atoms with Crippen LogP contribution >= 0.6 is 0 Å². The number of hydrogen-bond acceptors (Lipinski definition) is 4. The van der Waals surface area contributed by atoms with Crippen molar-refractivity contribution in [1.82, 2.24) is 15.5 Å². The van der Waals surface area contributed by atoms with Crippen LogP contribution in [0.5, 0.6) is 0 Å². The highest BCUT2D eigenvalue weighted by molar-refractivity contribution is 6.08. The van der Waals surface area contributed by atoms with E-state index in [4.69, 9.17) is 0 Å². The standard InChI is InChI=1S/C9H13N3O3/c13-7-4-8(14)12(9(15)5-11-7)6-2-1-3-10-6/h6,10H,1-5H2,(H,11,13). The Morgan fingerprint density at radius 2 is 2.00 bits per heavy atom. The van der Waals surface area contributed by atoms with Crippen LogP contribution < -0.4 is 10.6 Å². The van der Waals surface area contributed by atoms with E-state index < -0.39 is 5.91 Å². The second-order valence-corrected chi connectivity index (χ2v) is 3.72. The van der Waals surface area contributed by atoms with Gasteiger partial charge in [0.05, 0.1) is 12.7 Å². The second kappa shape index (κ2) is 3.98. The molecule has 82 valence electrons. The van der Waals surface area contributed by atoms with Crippen LogP contribution in [0.3, 0.4) is 0 Å². The fourth-order valence-electron chi connectivity index (χ4n) is 1.92. The van der Waals surface area contributed by atoms with E-state index in [0.717, 1.165) is 19.4 Å². The smallest absolute Gasteiger partial charge is 0.249 e. The molecule has 2 rings (SSSR count). The summed E-state index contributed by atoms with van der Waals surface area (Å²) < 4.78 is 0. The summed E-state index contributed by atoms with van der Waals surface area (Å²) in [7, 11) is 0. The molecule has 2 aliphatic rings. The number of carbonyl (C=O) groups is 3. The van der Waals surface area contributed by atoms with Gasteiger partial charge in [-0.15, -0.1) is 0 Å². The van der Waals surface area contributed by atoms with Crippen LogP contribution in [0.1, 0.15) is 19.3 Å². The zero-order valence-corrected chi connectivity index (χ0v) is 8.28. The van der Waals surface area contributed by atoms with Crippen LogP contribution in [0, 0.1) is 0 Å². The van der Waals surface area contributed by atoms with Crippen LogP contribution in [0.4, 0.5) is 0 Å². The molecule has 1 unspecified atom stereocenters. The van der Waals surface area contributed by atoms with Crippen LogP contribution in [0.25, 0.3) is 0 Å². The van der Waals surface area contributed by atoms with Crippen molar-refractivity contribution in [2.45, 2.75) is 25.4 Å². The van der Waals surface area contributed by atoms with Gasteiger partial charge in [0.25, 0.3) is 0 Å². The molecule has 2 saturated heterocycles. The Labute approximate surface area is 87.0 Å². The van der Waals surface area contributed by atoms with Gasteiger partial charge in [0.1, 0.15) is 6.42 Å². The normalized spacial score (nSPS) is 27.9. The van der Waals surface area contributed by atoms with E-state index in [9.17, 15) is 14.4 Å². The highest BCUT2D eigenvalue weighted by Gasteiger charge is 2.34. The SMILES string of the molecule is O=C1CC(=O)N(C2CCCN2)C(=O)CN1. The topological polar surface area (TPSA) is 78.5 Å². The zero-order valence-electron chi connectivity index (χ0n) is 8.28. The summed E-state index contributed by atoms with van der Waals surface area (Å²) in [6.07, 6.45) is 1.26. The lowest BCUT2D eigenvalue weighted by Crippen LogP contribution is -2.49. The molecule has 0 aliphatic carbocycles. The van der Waals surface area contributed by atoms with Crippen LogP contribution in [0.15, 0.2) is 0 Å². The summed E-state index contributed by atoms with van der Waals surface area (Å²) in [6, 6.07) is 0. The van der Waals surface area contributed by atoms with Gasteiger partial charge in [-0.25, -0.2) is 0 Å². The molecule has 2 heterocycles. The van der Waals surface area contributed by atoms with E-state index in [1.165, 1.54) is 4.90 Å². The molecule has 0 aromatic heterocycles. The van der Waals surface area contributed by atoms with Crippen molar-refractivity contribution in [3.8, 4) is 0 Å². The van der Waals surface area contributed by atoms with Crippen LogP contribution in [0.2, 0.25) is 0 Å². The number of imide groups is 1. The maximum atomic E-state index is 11.6. The summed E-state index contributed by atoms with van der Waals surface area (Å²) in [5, 5.41) is 5.47. The number of nitrogens with one attached hydrogen (secondary N) is 2. The molecule has 0 aromatic carbocycles. The van der Waals surface area contributed by atoms with Gasteiger partial charge >= 0.3 is 0 Å². The first-order valence-corrected chi connectivity index (χ1v) is 5.03. The summed E-state index contributed by atoms with van der Waals surface area (Å²) in [5.41, 5.74) is 0. The number of carbonyl (C=O) groups excluding carboxylic acids is 3. The predicted octanol–water partition coefficient (Wildman–Crippen LogP) is -1.43. The lowest BCUT2D eigenvalue weighted by molar-refractivity contribution is -0.146. The fourth-order valence-corrected chi connectivity index (χ4v) is 1.92. The van der Waals surface area contributed by atoms with E-state index in [-0.39, 0.29) is 30.9 Å². The number of amides is 3. The molecule has 15 heavy (non-hydrogen) atoms. The van der Waals surface area contributed by atoms with Gasteiger partial charge in [0, 0.05) is 0 Å². The monoisotopic (exact) mass is 211 g/mol. The van der Waals surface area contributed by atoms with E-state index in [1.807, 2.05) is 0 Å². The molecule has 2 N–H and O–H groups in total. The first kappa shape index (κ1) is 10.1. The highest BCUT2D eigenvalue weighted by Crippen LogP contribution is 2.13. The van der Waals surface area contributed by atoms with Crippen LogP contribution in [-0.4, -0.2) is 41.9 Å². The van der Waals surface area contributed by atoms with E-state index in [2.05, 4.69) is 10.6 Å². The zero-order chi connectivity index (χ0) is 10.8. The van der Waals surface area contributed by atoms with E-state index in [1.54, 1.807) is 0 Å². The van der Waals surface area contributed by atoms with Gasteiger partial charge in [-0.3, -0.25) is 24.6 Å². The maximum Gasteiger partial charge on any atom is 0.249 e. The molecule has 3 amide bonds. The molecule has 0 bridgehead atoms. The molecule has 2 aliphatic heterocycles. The number of nitrogens with zero attached hydrogens (tertiary/aromatic N) is 1. The van der Waals surface area contributed by atoms with E-state index >= 15 is 0 Å². The first-order valence-electron chi connectivity index (χ1n) is 5.03. The summed E-state index contributed by atoms with van der Waals surface area (Å²) in [6.45, 7) is 0.728. The summed E-state index contributed by atoms with van der Waals surface area (Å²) in [5.74, 6) is -1.12. The quantitative estimate of drug-likeness (QED) is 0.412. The first-order chi connectivity index (χ1) is 7.18. The molecule has 0 radical (unpaired) electrons. The minimum absolute atomic E-state index is 0.0806. The summed E-state index contributed by atoms with van der Waals surface area (Å²) >= 11 is 0. The molecular formula is C9H13N3O3. The molecule has 0 saturated carbocycles. The van der Waals surface area contributed by atoms with Crippen molar-refractivity contribution >= 4 is 17.7 Å². The maximum absolute atomic E-state index is 11.6. The number of hydrogen-bond donors (Lipinski definition) is 2. The largest absolute Gasteiger partial charge is 0.347 e. The van der Waals surface area contributed by atoms with Gasteiger partial charge in [-0.2, -0.15) is 0 Å². The molecule has 0 spiro atoms. The van der Waals surface area contributed by atoms with Crippen molar-refractivity contribution in [2.24, 2.45) is 0 Å². The van der Waals surface area contributed by atoms with Gasteiger partial charge in [-0.1, -0.05) is 0 Å². The average Bonchev–Trinajstić information content (AvgIpc) is 2.64. The average molecular weight is 211 g/mol. The Morgan fingerprint density at radius 3 is 2.67 bits per heavy atom. The summed E-state index contributed by atoms with van der Waals surface area (Å²) in [4.78, 5) is 35.5. The lowest BCUT2D eigenvalue weighted by Gasteiger charge is -2.24.